The maximum absolute atomic E-state index is 13.5. The van der Waals surface area contributed by atoms with Gasteiger partial charge >= 0.3 is 0 Å². The van der Waals surface area contributed by atoms with Gasteiger partial charge in [-0.25, -0.2) is 8.78 Å². The average Bonchev–Trinajstić information content (AvgIpc) is 3.09. The van der Waals surface area contributed by atoms with Gasteiger partial charge in [0.1, 0.15) is 5.82 Å². The van der Waals surface area contributed by atoms with Gasteiger partial charge < -0.3 is 10.1 Å². The summed E-state index contributed by atoms with van der Waals surface area (Å²) in [6.07, 6.45) is 0. The molecule has 0 fully saturated rings. The van der Waals surface area contributed by atoms with E-state index >= 15 is 0 Å². The highest BCUT2D eigenvalue weighted by molar-refractivity contribution is 7.13. The van der Waals surface area contributed by atoms with Crippen molar-refractivity contribution in [2.45, 2.75) is 0 Å². The molecule has 0 saturated heterocycles. The van der Waals surface area contributed by atoms with Crippen molar-refractivity contribution in [1.29, 1.82) is 0 Å². The van der Waals surface area contributed by atoms with E-state index in [1.165, 1.54) is 0 Å². The van der Waals surface area contributed by atoms with Crippen molar-refractivity contribution in [1.82, 2.24) is 0 Å². The van der Waals surface area contributed by atoms with E-state index in [1.807, 2.05) is 35.7 Å². The van der Waals surface area contributed by atoms with Crippen molar-refractivity contribution >= 4 is 22.9 Å². The van der Waals surface area contributed by atoms with Gasteiger partial charge in [-0.1, -0.05) is 24.3 Å². The van der Waals surface area contributed by atoms with Gasteiger partial charge in [0.2, 0.25) is 0 Å². The van der Waals surface area contributed by atoms with E-state index in [2.05, 4.69) is 5.32 Å². The van der Waals surface area contributed by atoms with Crippen LogP contribution in [0, 0.1) is 11.6 Å². The maximum Gasteiger partial charge on any atom is 0.262 e. The molecule has 24 heavy (non-hydrogen) atoms. The maximum atomic E-state index is 13.5. The molecule has 1 N–H and O–H groups in total. The first-order chi connectivity index (χ1) is 11.6. The van der Waals surface area contributed by atoms with Gasteiger partial charge in [-0.15, -0.1) is 11.3 Å². The summed E-state index contributed by atoms with van der Waals surface area (Å²) < 4.78 is 31.4. The molecule has 0 radical (unpaired) electrons. The van der Waals surface area contributed by atoms with E-state index in [9.17, 15) is 13.6 Å². The molecule has 0 atom stereocenters. The summed E-state index contributed by atoms with van der Waals surface area (Å²) in [6, 6.07) is 14.2. The third kappa shape index (κ3) is 3.78. The highest BCUT2D eigenvalue weighted by Crippen LogP contribution is 2.31. The largest absolute Gasteiger partial charge is 0.481 e. The molecule has 2 aromatic carbocycles. The molecule has 0 unspecified atom stereocenters. The molecule has 6 heteroatoms. The van der Waals surface area contributed by atoms with Gasteiger partial charge in [0.25, 0.3) is 5.91 Å². The van der Waals surface area contributed by atoms with Crippen LogP contribution in [0.15, 0.2) is 60.0 Å². The summed E-state index contributed by atoms with van der Waals surface area (Å²) >= 11 is 1.56. The fourth-order valence-corrected chi connectivity index (χ4v) is 2.93. The first kappa shape index (κ1) is 16.1. The number of carbonyl (C=O) groups is 1. The Hall–Kier alpha value is -2.73. The molecular formula is C18H13F2NO2S. The minimum absolute atomic E-state index is 0.168. The lowest BCUT2D eigenvalue weighted by molar-refractivity contribution is -0.118. The lowest BCUT2D eigenvalue weighted by Crippen LogP contribution is -2.20. The minimum Gasteiger partial charge on any atom is -0.481 e. The molecular weight excluding hydrogens is 332 g/mol. The summed E-state index contributed by atoms with van der Waals surface area (Å²) in [4.78, 5) is 13.1. The summed E-state index contributed by atoms with van der Waals surface area (Å²) in [5, 5.41) is 4.70. The zero-order valence-electron chi connectivity index (χ0n) is 12.5. The number of nitrogens with one attached hydrogen (secondary N) is 1. The number of halogens is 2. The molecule has 0 bridgehead atoms. The molecule has 122 valence electrons. The van der Waals surface area contributed by atoms with Crippen molar-refractivity contribution in [2.75, 3.05) is 11.9 Å². The number of amides is 1. The Morgan fingerprint density at radius 3 is 2.67 bits per heavy atom. The van der Waals surface area contributed by atoms with Gasteiger partial charge in [-0.2, -0.15) is 0 Å². The Morgan fingerprint density at radius 2 is 1.92 bits per heavy atom. The topological polar surface area (TPSA) is 38.3 Å². The number of rotatable bonds is 5. The number of anilines is 1. The van der Waals surface area contributed by atoms with Gasteiger partial charge in [0, 0.05) is 22.2 Å². The van der Waals surface area contributed by atoms with Crippen LogP contribution in [0.2, 0.25) is 0 Å². The lowest BCUT2D eigenvalue weighted by atomic mass is 10.1. The zero-order valence-corrected chi connectivity index (χ0v) is 13.3. The standard InChI is InChI=1S/C18H13F2NO2S/c19-12-7-8-16(14(20)10-12)23-11-18(22)21-15-5-2-1-4-13(15)17-6-3-9-24-17/h1-10H,11H2,(H,21,22). The third-order valence-corrected chi connectivity index (χ3v) is 4.14. The van der Waals surface area contributed by atoms with Crippen LogP contribution in [-0.4, -0.2) is 12.5 Å². The van der Waals surface area contributed by atoms with Crippen LogP contribution < -0.4 is 10.1 Å². The fourth-order valence-electron chi connectivity index (χ4n) is 2.16. The van der Waals surface area contributed by atoms with Crippen molar-refractivity contribution in [3.63, 3.8) is 0 Å². The van der Waals surface area contributed by atoms with Gasteiger partial charge in [-0.05, 0) is 29.6 Å². The van der Waals surface area contributed by atoms with Gasteiger partial charge in [-0.3, -0.25) is 4.79 Å². The Bertz CT molecular complexity index is 850. The average molecular weight is 345 g/mol. The number of benzene rings is 2. The summed E-state index contributed by atoms with van der Waals surface area (Å²) in [6.45, 7) is -0.374. The molecule has 0 aliphatic heterocycles. The number of thiophene rings is 1. The van der Waals surface area contributed by atoms with E-state index in [1.54, 1.807) is 17.4 Å². The molecule has 1 aromatic heterocycles. The summed E-state index contributed by atoms with van der Waals surface area (Å²) in [5.74, 6) is -2.14. The van der Waals surface area contributed by atoms with E-state index in [4.69, 9.17) is 4.74 Å². The third-order valence-electron chi connectivity index (χ3n) is 3.24. The van der Waals surface area contributed by atoms with E-state index < -0.39 is 17.5 Å². The van der Waals surface area contributed by atoms with Crippen LogP contribution >= 0.6 is 11.3 Å². The van der Waals surface area contributed by atoms with Crippen molar-refractivity contribution in [3.8, 4) is 16.2 Å². The molecule has 0 aliphatic rings. The predicted octanol–water partition coefficient (Wildman–Crippen LogP) is 4.71. The Kier molecular flexibility index (Phi) is 4.86. The molecule has 1 amide bonds. The lowest BCUT2D eigenvalue weighted by Gasteiger charge is -2.11. The second-order valence-electron chi connectivity index (χ2n) is 4.93. The second-order valence-corrected chi connectivity index (χ2v) is 5.88. The second kappa shape index (κ2) is 7.23. The highest BCUT2D eigenvalue weighted by Gasteiger charge is 2.11. The molecule has 3 aromatic rings. The first-order valence-electron chi connectivity index (χ1n) is 7.14. The minimum atomic E-state index is -0.846. The Labute approximate surface area is 141 Å². The molecule has 3 nitrogen and oxygen atoms in total. The van der Waals surface area contributed by atoms with Crippen LogP contribution in [0.25, 0.3) is 10.4 Å². The Morgan fingerprint density at radius 1 is 1.08 bits per heavy atom. The van der Waals surface area contributed by atoms with E-state index in [-0.39, 0.29) is 12.4 Å². The van der Waals surface area contributed by atoms with E-state index in [0.717, 1.165) is 22.6 Å². The molecule has 0 aliphatic carbocycles. The zero-order chi connectivity index (χ0) is 16.9. The quantitative estimate of drug-likeness (QED) is 0.727. The number of hydrogen-bond donors (Lipinski definition) is 1. The Balaban J connectivity index is 1.67. The monoisotopic (exact) mass is 345 g/mol. The van der Waals surface area contributed by atoms with Gasteiger partial charge in [0.05, 0.1) is 0 Å². The normalized spacial score (nSPS) is 10.4. The number of ether oxygens (including phenoxy) is 1. The fraction of sp³-hybridized carbons (Fsp3) is 0.0556. The van der Waals surface area contributed by atoms with Crippen LogP contribution in [-0.2, 0) is 4.79 Å². The number of hydrogen-bond acceptors (Lipinski definition) is 3. The van der Waals surface area contributed by atoms with E-state index in [0.29, 0.717) is 11.8 Å². The number of para-hydroxylation sites is 1. The van der Waals surface area contributed by atoms with Crippen LogP contribution in [0.3, 0.4) is 0 Å². The summed E-state index contributed by atoms with van der Waals surface area (Å²) in [7, 11) is 0. The smallest absolute Gasteiger partial charge is 0.262 e. The SMILES string of the molecule is O=C(COc1ccc(F)cc1F)Nc1ccccc1-c1cccs1. The van der Waals surface area contributed by atoms with Crippen molar-refractivity contribution < 1.29 is 18.3 Å². The number of carbonyl (C=O) groups excluding carboxylic acids is 1. The highest BCUT2D eigenvalue weighted by atomic mass is 32.1. The molecule has 0 saturated carbocycles. The van der Waals surface area contributed by atoms with Crippen molar-refractivity contribution in [3.05, 3.63) is 71.6 Å². The predicted molar refractivity (Wildman–Crippen MR) is 90.2 cm³/mol. The van der Waals surface area contributed by atoms with Crippen LogP contribution in [0.4, 0.5) is 14.5 Å². The first-order valence-corrected chi connectivity index (χ1v) is 8.02. The van der Waals surface area contributed by atoms with Crippen molar-refractivity contribution in [2.24, 2.45) is 0 Å². The summed E-state index contributed by atoms with van der Waals surface area (Å²) in [5.41, 5.74) is 1.54. The molecule has 0 spiro atoms. The molecule has 1 heterocycles. The van der Waals surface area contributed by atoms with Crippen LogP contribution in [0.5, 0.6) is 5.75 Å². The molecule has 3 rings (SSSR count). The van der Waals surface area contributed by atoms with Gasteiger partial charge in [0.15, 0.2) is 18.2 Å². The van der Waals surface area contributed by atoms with Crippen LogP contribution in [0.1, 0.15) is 0 Å².